The first kappa shape index (κ1) is 34.9. The molecule has 41 heavy (non-hydrogen) atoms. The Morgan fingerprint density at radius 2 is 1.34 bits per heavy atom. The summed E-state index contributed by atoms with van der Waals surface area (Å²) in [6.07, 6.45) is 17.8. The third-order valence-corrected chi connectivity index (χ3v) is 8.09. The summed E-state index contributed by atoms with van der Waals surface area (Å²) in [6.45, 7) is 8.45. The van der Waals surface area contributed by atoms with E-state index in [4.69, 9.17) is 9.47 Å². The Morgan fingerprint density at radius 1 is 0.756 bits per heavy atom. The number of unbranched alkanes of at least 4 members (excludes halogenated alkanes) is 10. The van der Waals surface area contributed by atoms with Gasteiger partial charge < -0.3 is 14.0 Å². The number of carbonyl (C=O) groups excluding carboxylic acids is 1. The van der Waals surface area contributed by atoms with Crippen LogP contribution >= 0.6 is 0 Å². The van der Waals surface area contributed by atoms with E-state index in [0.29, 0.717) is 13.0 Å². The summed E-state index contributed by atoms with van der Waals surface area (Å²) in [5.41, 5.74) is 2.67. The lowest BCUT2D eigenvalue weighted by Crippen LogP contribution is -2.44. The maximum absolute atomic E-state index is 12.8. The number of aryl methyl sites for hydroxylation is 1. The van der Waals surface area contributed by atoms with Crippen molar-refractivity contribution in [3.8, 4) is 5.75 Å². The lowest BCUT2D eigenvalue weighted by atomic mass is 10.0. The van der Waals surface area contributed by atoms with Crippen LogP contribution in [0.2, 0.25) is 0 Å². The van der Waals surface area contributed by atoms with E-state index in [0.717, 1.165) is 36.2 Å². The molecule has 0 heterocycles. The minimum absolute atomic E-state index is 0.00864. The summed E-state index contributed by atoms with van der Waals surface area (Å²) in [5.74, 6) is 0.696. The second-order valence-electron chi connectivity index (χ2n) is 12.7. The number of carbonyl (C=O) groups is 1. The maximum Gasteiger partial charge on any atom is 0.314 e. The molecule has 0 bridgehead atoms. The molecule has 0 saturated heterocycles. The van der Waals surface area contributed by atoms with E-state index in [1.54, 1.807) is 0 Å². The fourth-order valence-corrected chi connectivity index (χ4v) is 5.57. The molecule has 4 heteroatoms. The zero-order valence-electron chi connectivity index (χ0n) is 27.0. The number of quaternary nitrogens is 1. The summed E-state index contributed by atoms with van der Waals surface area (Å²) >= 11 is 0. The second kappa shape index (κ2) is 20.5. The molecule has 0 aromatic heterocycles. The van der Waals surface area contributed by atoms with Gasteiger partial charge in [0.15, 0.2) is 0 Å². The van der Waals surface area contributed by atoms with Gasteiger partial charge in [-0.25, -0.2) is 0 Å². The van der Waals surface area contributed by atoms with E-state index in [9.17, 15) is 4.79 Å². The zero-order chi connectivity index (χ0) is 29.8. The average molecular weight is 567 g/mol. The standard InChI is InChI=1S/C37H60NO3/c1-6-8-9-10-11-12-13-14-15-16-18-21-33-24-26-36(27-25-33)41-32(3)28-29-40-37(39)35(7-2)31-38(4,5)30-34-22-19-17-20-23-34/h17,19-20,22-27,32,35H,6-16,18,21,28-31H2,1-5H3/q+1. The van der Waals surface area contributed by atoms with Crippen LogP contribution in [0, 0.1) is 5.92 Å². The van der Waals surface area contributed by atoms with Gasteiger partial charge in [-0.15, -0.1) is 0 Å². The third kappa shape index (κ3) is 16.0. The van der Waals surface area contributed by atoms with Crippen LogP contribution in [0.4, 0.5) is 0 Å². The van der Waals surface area contributed by atoms with Crippen molar-refractivity contribution in [2.24, 2.45) is 5.92 Å². The van der Waals surface area contributed by atoms with Crippen molar-refractivity contribution in [2.45, 2.75) is 123 Å². The molecular weight excluding hydrogens is 506 g/mol. The molecule has 2 rings (SSSR count). The third-order valence-electron chi connectivity index (χ3n) is 8.09. The number of ether oxygens (including phenoxy) is 2. The minimum atomic E-state index is -0.0993. The molecule has 0 aliphatic carbocycles. The number of esters is 1. The molecule has 230 valence electrons. The number of hydrogen-bond acceptors (Lipinski definition) is 3. The topological polar surface area (TPSA) is 35.5 Å². The smallest absolute Gasteiger partial charge is 0.314 e. The largest absolute Gasteiger partial charge is 0.491 e. The molecule has 2 aromatic rings. The molecule has 0 saturated carbocycles. The highest BCUT2D eigenvalue weighted by atomic mass is 16.5. The monoisotopic (exact) mass is 566 g/mol. The summed E-state index contributed by atoms with van der Waals surface area (Å²) in [4.78, 5) is 12.8. The van der Waals surface area contributed by atoms with Crippen LogP contribution in [0.15, 0.2) is 54.6 Å². The highest BCUT2D eigenvalue weighted by molar-refractivity contribution is 5.72. The average Bonchev–Trinajstić information content (AvgIpc) is 2.95. The van der Waals surface area contributed by atoms with Crippen LogP contribution in [-0.2, 0) is 22.5 Å². The van der Waals surface area contributed by atoms with Gasteiger partial charge in [0.25, 0.3) is 0 Å². The SMILES string of the molecule is CCCCCCCCCCCCCc1ccc(OC(C)CCOC(=O)C(CC)C[N+](C)(C)Cc2ccccc2)cc1. The number of benzene rings is 2. The molecule has 2 aromatic carbocycles. The van der Waals surface area contributed by atoms with Crippen molar-refractivity contribution < 1.29 is 18.8 Å². The lowest BCUT2D eigenvalue weighted by molar-refractivity contribution is -0.906. The van der Waals surface area contributed by atoms with Gasteiger partial charge >= 0.3 is 5.97 Å². The van der Waals surface area contributed by atoms with E-state index in [-0.39, 0.29) is 18.0 Å². The molecule has 0 spiro atoms. The first-order valence-electron chi connectivity index (χ1n) is 16.6. The van der Waals surface area contributed by atoms with Gasteiger partial charge in [-0.3, -0.25) is 4.79 Å². The Kier molecular flexibility index (Phi) is 17.5. The van der Waals surface area contributed by atoms with Crippen LogP contribution < -0.4 is 4.74 Å². The second-order valence-corrected chi connectivity index (χ2v) is 12.7. The summed E-state index contributed by atoms with van der Waals surface area (Å²) in [5, 5.41) is 0. The van der Waals surface area contributed by atoms with Crippen molar-refractivity contribution in [3.63, 3.8) is 0 Å². The Bertz CT molecular complexity index is 925. The molecule has 0 aliphatic heterocycles. The van der Waals surface area contributed by atoms with Crippen LogP contribution in [0.3, 0.4) is 0 Å². The number of nitrogens with zero attached hydrogens (tertiary/aromatic N) is 1. The Balaban J connectivity index is 1.58. The molecule has 0 radical (unpaired) electrons. The van der Waals surface area contributed by atoms with Gasteiger partial charge in [0, 0.05) is 12.0 Å². The van der Waals surface area contributed by atoms with Crippen LogP contribution in [0.1, 0.15) is 115 Å². The van der Waals surface area contributed by atoms with Gasteiger partial charge in [-0.2, -0.15) is 0 Å². The zero-order valence-corrected chi connectivity index (χ0v) is 27.0. The van der Waals surface area contributed by atoms with E-state index >= 15 is 0 Å². The highest BCUT2D eigenvalue weighted by Gasteiger charge is 2.28. The molecule has 0 fully saturated rings. The molecular formula is C37H60NO3+. The van der Waals surface area contributed by atoms with Gasteiger partial charge in [-0.05, 0) is 43.9 Å². The van der Waals surface area contributed by atoms with Gasteiger partial charge in [0.1, 0.15) is 18.2 Å². The Hall–Kier alpha value is -2.33. The maximum atomic E-state index is 12.8. The summed E-state index contributed by atoms with van der Waals surface area (Å²) < 4.78 is 12.6. The van der Waals surface area contributed by atoms with Crippen molar-refractivity contribution in [1.82, 2.24) is 0 Å². The fourth-order valence-electron chi connectivity index (χ4n) is 5.57. The first-order chi connectivity index (χ1) is 19.8. The number of rotatable bonds is 23. The van der Waals surface area contributed by atoms with Gasteiger partial charge in [0.05, 0.1) is 33.4 Å². The quantitative estimate of drug-likeness (QED) is 0.0763. The highest BCUT2D eigenvalue weighted by Crippen LogP contribution is 2.19. The number of hydrogen-bond donors (Lipinski definition) is 0. The van der Waals surface area contributed by atoms with Crippen molar-refractivity contribution in [2.75, 3.05) is 27.2 Å². The fraction of sp³-hybridized carbons (Fsp3) is 0.649. The minimum Gasteiger partial charge on any atom is -0.491 e. The van der Waals surface area contributed by atoms with Crippen molar-refractivity contribution >= 4 is 5.97 Å². The predicted octanol–water partition coefficient (Wildman–Crippen LogP) is 9.54. The van der Waals surface area contributed by atoms with Crippen LogP contribution in [-0.4, -0.2) is 43.8 Å². The Labute approximate surface area is 252 Å². The van der Waals surface area contributed by atoms with Crippen molar-refractivity contribution in [3.05, 3.63) is 65.7 Å². The molecule has 2 atom stereocenters. The van der Waals surface area contributed by atoms with Gasteiger partial charge in [0.2, 0.25) is 0 Å². The molecule has 2 unspecified atom stereocenters. The lowest BCUT2D eigenvalue weighted by Gasteiger charge is -2.32. The summed E-state index contributed by atoms with van der Waals surface area (Å²) in [7, 11) is 4.37. The summed E-state index contributed by atoms with van der Waals surface area (Å²) in [6, 6.07) is 19.0. The van der Waals surface area contributed by atoms with Crippen LogP contribution in [0.25, 0.3) is 0 Å². The molecule has 0 aliphatic rings. The van der Waals surface area contributed by atoms with Crippen LogP contribution in [0.5, 0.6) is 5.75 Å². The van der Waals surface area contributed by atoms with E-state index < -0.39 is 0 Å². The predicted molar refractivity (Wildman–Crippen MR) is 173 cm³/mol. The Morgan fingerprint density at radius 3 is 1.93 bits per heavy atom. The van der Waals surface area contributed by atoms with Crippen molar-refractivity contribution in [1.29, 1.82) is 0 Å². The van der Waals surface area contributed by atoms with E-state index in [2.05, 4.69) is 76.5 Å². The molecule has 0 N–H and O–H groups in total. The van der Waals surface area contributed by atoms with Gasteiger partial charge in [-0.1, -0.05) is 121 Å². The van der Waals surface area contributed by atoms with E-state index in [1.165, 1.54) is 81.8 Å². The molecule has 4 nitrogen and oxygen atoms in total. The molecule has 0 amide bonds. The normalized spacial score (nSPS) is 13.1. The van der Waals surface area contributed by atoms with E-state index in [1.807, 2.05) is 13.0 Å². The first-order valence-corrected chi connectivity index (χ1v) is 16.6.